The smallest absolute Gasteiger partial charge is 0.236 e. The maximum Gasteiger partial charge on any atom is 0.236 e. The van der Waals surface area contributed by atoms with Gasteiger partial charge in [0, 0.05) is 17.5 Å². The standard InChI is InChI=1S/C25H27N5O2S2/c1-6-30-23(18-9-7-8-10-20(18)32-5)28-29-25(30)34-14-21(31)27-24-26-19(13-33-24)22-16(3)11-15(2)12-17(22)4/h7-13H,6,14H2,1-5H3,(H,26,27,31). The highest BCUT2D eigenvalue weighted by Gasteiger charge is 2.18. The van der Waals surface area contributed by atoms with Crippen LogP contribution in [0.4, 0.5) is 5.13 Å². The predicted octanol–water partition coefficient (Wildman–Crippen LogP) is 5.75. The number of nitrogens with one attached hydrogen (secondary N) is 1. The number of methoxy groups -OCH3 is 1. The van der Waals surface area contributed by atoms with Crippen LogP contribution in [0.1, 0.15) is 23.6 Å². The molecule has 0 bridgehead atoms. The van der Waals surface area contributed by atoms with E-state index in [4.69, 9.17) is 4.74 Å². The minimum absolute atomic E-state index is 0.132. The molecule has 0 aliphatic carbocycles. The predicted molar refractivity (Wildman–Crippen MR) is 139 cm³/mol. The Labute approximate surface area is 207 Å². The number of rotatable bonds is 8. The van der Waals surface area contributed by atoms with E-state index in [2.05, 4.69) is 53.4 Å². The fraction of sp³-hybridized carbons (Fsp3) is 0.280. The molecule has 0 unspecified atom stereocenters. The lowest BCUT2D eigenvalue weighted by Crippen LogP contribution is -2.14. The SMILES string of the molecule is CCn1c(SCC(=O)Nc2nc(-c3c(C)cc(C)cc3C)cs2)nnc1-c1ccccc1OC. The van der Waals surface area contributed by atoms with Crippen LogP contribution in [0, 0.1) is 20.8 Å². The molecule has 0 spiro atoms. The monoisotopic (exact) mass is 493 g/mol. The van der Waals surface area contributed by atoms with Gasteiger partial charge in [-0.3, -0.25) is 4.79 Å². The van der Waals surface area contributed by atoms with Crippen molar-refractivity contribution < 1.29 is 9.53 Å². The maximum atomic E-state index is 12.6. The number of carbonyl (C=O) groups is 1. The highest BCUT2D eigenvalue weighted by atomic mass is 32.2. The molecule has 9 heteroatoms. The van der Waals surface area contributed by atoms with Gasteiger partial charge in [0.2, 0.25) is 5.91 Å². The summed E-state index contributed by atoms with van der Waals surface area (Å²) >= 11 is 2.78. The number of thiazole rings is 1. The van der Waals surface area contributed by atoms with E-state index < -0.39 is 0 Å². The van der Waals surface area contributed by atoms with E-state index in [1.165, 1.54) is 39.8 Å². The van der Waals surface area contributed by atoms with Gasteiger partial charge in [-0.1, -0.05) is 41.6 Å². The average molecular weight is 494 g/mol. The van der Waals surface area contributed by atoms with Crippen molar-refractivity contribution in [3.63, 3.8) is 0 Å². The van der Waals surface area contributed by atoms with Crippen molar-refractivity contribution in [3.05, 3.63) is 58.5 Å². The Morgan fingerprint density at radius 1 is 1.15 bits per heavy atom. The Kier molecular flexibility index (Phi) is 7.33. The second-order valence-electron chi connectivity index (χ2n) is 7.90. The first-order chi connectivity index (χ1) is 16.4. The molecule has 176 valence electrons. The number of para-hydroxylation sites is 1. The summed E-state index contributed by atoms with van der Waals surface area (Å²) in [7, 11) is 1.64. The zero-order valence-corrected chi connectivity index (χ0v) is 21.5. The number of anilines is 1. The van der Waals surface area contributed by atoms with E-state index in [9.17, 15) is 4.79 Å². The molecule has 0 saturated carbocycles. The first-order valence-electron chi connectivity index (χ1n) is 10.9. The number of carbonyl (C=O) groups excluding carboxylic acids is 1. The van der Waals surface area contributed by atoms with Gasteiger partial charge in [0.25, 0.3) is 0 Å². The van der Waals surface area contributed by atoms with Crippen molar-refractivity contribution in [1.29, 1.82) is 0 Å². The molecule has 0 saturated heterocycles. The third-order valence-corrected chi connectivity index (χ3v) is 7.12. The van der Waals surface area contributed by atoms with Gasteiger partial charge in [0.05, 0.1) is 24.1 Å². The molecule has 4 rings (SSSR count). The third kappa shape index (κ3) is 5.00. The largest absolute Gasteiger partial charge is 0.496 e. The van der Waals surface area contributed by atoms with Crippen molar-refractivity contribution >= 4 is 34.1 Å². The first-order valence-corrected chi connectivity index (χ1v) is 12.8. The number of hydrogen-bond acceptors (Lipinski definition) is 7. The van der Waals surface area contributed by atoms with E-state index in [-0.39, 0.29) is 11.7 Å². The summed E-state index contributed by atoms with van der Waals surface area (Å²) in [6, 6.07) is 12.0. The Hall–Kier alpha value is -3.17. The lowest BCUT2D eigenvalue weighted by atomic mass is 9.98. The molecule has 0 atom stereocenters. The Bertz CT molecular complexity index is 1310. The lowest BCUT2D eigenvalue weighted by Gasteiger charge is -2.10. The molecule has 2 heterocycles. The van der Waals surface area contributed by atoms with Gasteiger partial charge in [-0.2, -0.15) is 0 Å². The molecule has 2 aromatic carbocycles. The number of nitrogens with zero attached hydrogens (tertiary/aromatic N) is 4. The van der Waals surface area contributed by atoms with Gasteiger partial charge < -0.3 is 14.6 Å². The maximum absolute atomic E-state index is 12.6. The molecule has 0 aliphatic rings. The third-order valence-electron chi connectivity index (χ3n) is 5.40. The molecule has 0 fully saturated rings. The second kappa shape index (κ2) is 10.4. The number of amides is 1. The quantitative estimate of drug-likeness (QED) is 0.315. The summed E-state index contributed by atoms with van der Waals surface area (Å²) in [5, 5.41) is 14.9. The fourth-order valence-electron chi connectivity index (χ4n) is 4.02. The molecule has 1 N–H and O–H groups in total. The second-order valence-corrected chi connectivity index (χ2v) is 9.70. The molecular weight excluding hydrogens is 466 g/mol. The first kappa shape index (κ1) is 24.0. The van der Waals surface area contributed by atoms with Crippen molar-refractivity contribution in [2.24, 2.45) is 0 Å². The molecule has 4 aromatic rings. The summed E-state index contributed by atoms with van der Waals surface area (Å²) in [5.74, 6) is 1.53. The highest BCUT2D eigenvalue weighted by molar-refractivity contribution is 7.99. The van der Waals surface area contributed by atoms with Crippen molar-refractivity contribution in [1.82, 2.24) is 19.7 Å². The zero-order valence-electron chi connectivity index (χ0n) is 19.9. The van der Waals surface area contributed by atoms with Crippen LogP contribution in [0.15, 0.2) is 46.9 Å². The van der Waals surface area contributed by atoms with Crippen LogP contribution in [0.25, 0.3) is 22.6 Å². The number of aromatic nitrogens is 4. The average Bonchev–Trinajstić information content (AvgIpc) is 3.43. The Morgan fingerprint density at radius 2 is 1.88 bits per heavy atom. The van der Waals surface area contributed by atoms with E-state index in [1.807, 2.05) is 41.1 Å². The van der Waals surface area contributed by atoms with Crippen molar-refractivity contribution in [2.75, 3.05) is 18.2 Å². The number of ether oxygens (including phenoxy) is 1. The van der Waals surface area contributed by atoms with E-state index in [0.717, 1.165) is 28.4 Å². The number of benzene rings is 2. The van der Waals surface area contributed by atoms with Crippen molar-refractivity contribution in [2.45, 2.75) is 39.4 Å². The molecule has 34 heavy (non-hydrogen) atoms. The molecule has 1 amide bonds. The molecule has 2 aromatic heterocycles. The highest BCUT2D eigenvalue weighted by Crippen LogP contribution is 2.32. The van der Waals surface area contributed by atoms with Gasteiger partial charge in [-0.05, 0) is 51.0 Å². The Balaban J connectivity index is 1.44. The van der Waals surface area contributed by atoms with E-state index in [0.29, 0.717) is 16.8 Å². The van der Waals surface area contributed by atoms with Gasteiger partial charge in [-0.15, -0.1) is 21.5 Å². The van der Waals surface area contributed by atoms with Crippen LogP contribution < -0.4 is 10.1 Å². The summed E-state index contributed by atoms with van der Waals surface area (Å²) in [6.45, 7) is 8.97. The van der Waals surface area contributed by atoms with Crippen LogP contribution in [0.2, 0.25) is 0 Å². The summed E-state index contributed by atoms with van der Waals surface area (Å²) in [5.41, 5.74) is 6.47. The van der Waals surface area contributed by atoms with Crippen LogP contribution in [0.3, 0.4) is 0 Å². The van der Waals surface area contributed by atoms with Crippen LogP contribution >= 0.6 is 23.1 Å². The Morgan fingerprint density at radius 3 is 2.59 bits per heavy atom. The van der Waals surface area contributed by atoms with Gasteiger partial charge in [0.15, 0.2) is 16.1 Å². The van der Waals surface area contributed by atoms with Gasteiger partial charge in [0.1, 0.15) is 5.75 Å². The minimum atomic E-state index is -0.132. The zero-order chi connectivity index (χ0) is 24.2. The van der Waals surface area contributed by atoms with Crippen LogP contribution in [-0.2, 0) is 11.3 Å². The van der Waals surface area contributed by atoms with Gasteiger partial charge >= 0.3 is 0 Å². The minimum Gasteiger partial charge on any atom is -0.496 e. The number of aryl methyl sites for hydroxylation is 3. The number of thioether (sulfide) groups is 1. The lowest BCUT2D eigenvalue weighted by molar-refractivity contribution is -0.113. The van der Waals surface area contributed by atoms with Crippen LogP contribution in [0.5, 0.6) is 5.75 Å². The number of hydrogen-bond donors (Lipinski definition) is 1. The molecule has 0 aliphatic heterocycles. The topological polar surface area (TPSA) is 81.9 Å². The van der Waals surface area contributed by atoms with Crippen molar-refractivity contribution in [3.8, 4) is 28.4 Å². The molecule has 7 nitrogen and oxygen atoms in total. The normalized spacial score (nSPS) is 11.0. The van der Waals surface area contributed by atoms with E-state index >= 15 is 0 Å². The molecular formula is C25H27N5O2S2. The summed E-state index contributed by atoms with van der Waals surface area (Å²) < 4.78 is 7.46. The van der Waals surface area contributed by atoms with Crippen LogP contribution in [-0.4, -0.2) is 38.5 Å². The summed E-state index contributed by atoms with van der Waals surface area (Å²) in [4.78, 5) is 17.3. The molecule has 0 radical (unpaired) electrons. The fourth-order valence-corrected chi connectivity index (χ4v) is 5.54. The summed E-state index contributed by atoms with van der Waals surface area (Å²) in [6.07, 6.45) is 0. The van der Waals surface area contributed by atoms with Gasteiger partial charge in [-0.25, -0.2) is 4.98 Å². The van der Waals surface area contributed by atoms with E-state index in [1.54, 1.807) is 7.11 Å².